The Kier molecular flexibility index (Phi) is 7.02. The Hall–Kier alpha value is -4.72. The van der Waals surface area contributed by atoms with Gasteiger partial charge in [-0.2, -0.15) is 0 Å². The molecule has 0 aliphatic rings. The molecule has 0 spiro atoms. The Morgan fingerprint density at radius 3 is 2.57 bits per heavy atom. The van der Waals surface area contributed by atoms with E-state index in [-0.39, 0.29) is 23.8 Å². The van der Waals surface area contributed by atoms with Crippen molar-refractivity contribution in [1.82, 2.24) is 4.57 Å². The van der Waals surface area contributed by atoms with Crippen LogP contribution in [0, 0.1) is 15.9 Å². The van der Waals surface area contributed by atoms with Gasteiger partial charge in [0.15, 0.2) is 11.5 Å². The molecule has 0 atom stereocenters. The molecule has 4 rings (SSSR count). The van der Waals surface area contributed by atoms with Crippen LogP contribution in [-0.4, -0.2) is 22.4 Å². The molecule has 0 radical (unpaired) electrons. The SMILES string of the molecule is COc1ccc(/C=C/C(=O)c2cccc(-n3cccc3)c2)cc1COc1cc(F)ccc1[N+](=O)[O-]. The van der Waals surface area contributed by atoms with Crippen LogP contribution in [0.15, 0.2) is 91.3 Å². The lowest BCUT2D eigenvalue weighted by Gasteiger charge is -2.11. The maximum absolute atomic E-state index is 13.6. The minimum absolute atomic E-state index is 0.0952. The van der Waals surface area contributed by atoms with E-state index in [1.807, 2.05) is 47.3 Å². The first kappa shape index (κ1) is 23.4. The van der Waals surface area contributed by atoms with Gasteiger partial charge in [-0.3, -0.25) is 14.9 Å². The predicted octanol–water partition coefficient (Wildman–Crippen LogP) is 6.01. The second-order valence-electron chi connectivity index (χ2n) is 7.57. The summed E-state index contributed by atoms with van der Waals surface area (Å²) < 4.78 is 26.4. The monoisotopic (exact) mass is 472 g/mol. The number of nitro groups is 1. The minimum Gasteiger partial charge on any atom is -0.496 e. The van der Waals surface area contributed by atoms with Crippen LogP contribution in [0.4, 0.5) is 10.1 Å². The van der Waals surface area contributed by atoms with Gasteiger partial charge in [-0.25, -0.2) is 4.39 Å². The molecule has 8 heteroatoms. The third-order valence-electron chi connectivity index (χ3n) is 5.27. The Morgan fingerprint density at radius 2 is 1.83 bits per heavy atom. The van der Waals surface area contributed by atoms with Crippen LogP contribution in [0.1, 0.15) is 21.5 Å². The number of hydrogen-bond acceptors (Lipinski definition) is 5. The molecule has 35 heavy (non-hydrogen) atoms. The first-order chi connectivity index (χ1) is 16.9. The van der Waals surface area contributed by atoms with Gasteiger partial charge in [0.25, 0.3) is 0 Å². The number of benzene rings is 3. The number of rotatable bonds is 9. The van der Waals surface area contributed by atoms with E-state index in [1.54, 1.807) is 30.3 Å². The summed E-state index contributed by atoms with van der Waals surface area (Å²) >= 11 is 0. The van der Waals surface area contributed by atoms with Gasteiger partial charge in [-0.05, 0) is 54.1 Å². The largest absolute Gasteiger partial charge is 0.496 e. The number of hydrogen-bond donors (Lipinski definition) is 0. The quantitative estimate of drug-likeness (QED) is 0.129. The van der Waals surface area contributed by atoms with E-state index >= 15 is 0 Å². The average molecular weight is 472 g/mol. The van der Waals surface area contributed by atoms with Gasteiger partial charge in [-0.1, -0.05) is 24.3 Å². The predicted molar refractivity (Wildman–Crippen MR) is 130 cm³/mol. The summed E-state index contributed by atoms with van der Waals surface area (Å²) in [6.45, 7) is -0.0952. The Balaban J connectivity index is 1.52. The van der Waals surface area contributed by atoms with Gasteiger partial charge in [0.1, 0.15) is 18.2 Å². The number of ether oxygens (including phenoxy) is 2. The second-order valence-corrected chi connectivity index (χ2v) is 7.57. The van der Waals surface area contributed by atoms with Crippen molar-refractivity contribution in [2.24, 2.45) is 0 Å². The third-order valence-corrected chi connectivity index (χ3v) is 5.27. The standard InChI is InChI=1S/C27H21FN2O5/c1-34-26-12-8-19(15-21(26)18-35-27-17-22(28)9-10-24(27)30(32)33)7-11-25(31)20-5-4-6-23(16-20)29-13-2-3-14-29/h2-17H,18H2,1H3/b11-7+. The first-order valence-corrected chi connectivity index (χ1v) is 10.6. The van der Waals surface area contributed by atoms with Crippen molar-refractivity contribution in [3.05, 3.63) is 124 Å². The van der Waals surface area contributed by atoms with E-state index in [1.165, 1.54) is 13.2 Å². The summed E-state index contributed by atoms with van der Waals surface area (Å²) in [7, 11) is 1.49. The summed E-state index contributed by atoms with van der Waals surface area (Å²) in [5, 5.41) is 11.2. The highest BCUT2D eigenvalue weighted by molar-refractivity contribution is 6.07. The van der Waals surface area contributed by atoms with Gasteiger partial charge < -0.3 is 14.0 Å². The number of methoxy groups -OCH3 is 1. The lowest BCUT2D eigenvalue weighted by atomic mass is 10.1. The van der Waals surface area contributed by atoms with E-state index in [4.69, 9.17) is 9.47 Å². The summed E-state index contributed by atoms with van der Waals surface area (Å²) in [5.74, 6) is -0.501. The van der Waals surface area contributed by atoms with Crippen molar-refractivity contribution in [3.8, 4) is 17.2 Å². The van der Waals surface area contributed by atoms with E-state index in [2.05, 4.69) is 0 Å². The maximum Gasteiger partial charge on any atom is 0.311 e. The van der Waals surface area contributed by atoms with Gasteiger partial charge in [-0.15, -0.1) is 0 Å². The fourth-order valence-corrected chi connectivity index (χ4v) is 3.52. The lowest BCUT2D eigenvalue weighted by molar-refractivity contribution is -0.386. The van der Waals surface area contributed by atoms with Gasteiger partial charge in [0.2, 0.25) is 0 Å². The molecule has 0 aliphatic heterocycles. The van der Waals surface area contributed by atoms with Gasteiger partial charge in [0, 0.05) is 41.3 Å². The summed E-state index contributed by atoms with van der Waals surface area (Å²) in [6, 6.07) is 19.4. The van der Waals surface area contributed by atoms with E-state index in [0.29, 0.717) is 22.4 Å². The fraction of sp³-hybridized carbons (Fsp3) is 0.0741. The molecular weight excluding hydrogens is 451 g/mol. The smallest absolute Gasteiger partial charge is 0.311 e. The molecule has 0 saturated heterocycles. The molecule has 4 aromatic rings. The van der Waals surface area contributed by atoms with Crippen LogP contribution in [0.3, 0.4) is 0 Å². The summed E-state index contributed by atoms with van der Waals surface area (Å²) in [5.41, 5.74) is 2.37. The van der Waals surface area contributed by atoms with Crippen molar-refractivity contribution in [1.29, 1.82) is 0 Å². The molecule has 0 bridgehead atoms. The van der Waals surface area contributed by atoms with Gasteiger partial charge in [0.05, 0.1) is 12.0 Å². The number of ketones is 1. The van der Waals surface area contributed by atoms with Crippen LogP contribution in [0.2, 0.25) is 0 Å². The normalized spacial score (nSPS) is 10.9. The number of allylic oxidation sites excluding steroid dienone is 1. The molecule has 0 fully saturated rings. The molecule has 0 aliphatic carbocycles. The van der Waals surface area contributed by atoms with Crippen LogP contribution >= 0.6 is 0 Å². The Bertz CT molecular complexity index is 1400. The molecule has 1 heterocycles. The second kappa shape index (κ2) is 10.5. The minimum atomic E-state index is -0.645. The van der Waals surface area contributed by atoms with Crippen LogP contribution in [-0.2, 0) is 6.61 Å². The van der Waals surface area contributed by atoms with Crippen molar-refractivity contribution >= 4 is 17.5 Å². The van der Waals surface area contributed by atoms with Crippen LogP contribution in [0.5, 0.6) is 11.5 Å². The molecule has 0 saturated carbocycles. The lowest BCUT2D eigenvalue weighted by Crippen LogP contribution is -2.02. The molecule has 0 unspecified atom stereocenters. The molecule has 3 aromatic carbocycles. The highest BCUT2D eigenvalue weighted by Crippen LogP contribution is 2.30. The Morgan fingerprint density at radius 1 is 1.03 bits per heavy atom. The van der Waals surface area contributed by atoms with Crippen LogP contribution in [0.25, 0.3) is 11.8 Å². The molecule has 7 nitrogen and oxygen atoms in total. The van der Waals surface area contributed by atoms with Crippen LogP contribution < -0.4 is 9.47 Å². The number of carbonyl (C=O) groups excluding carboxylic acids is 1. The fourth-order valence-electron chi connectivity index (χ4n) is 3.52. The molecule has 0 amide bonds. The maximum atomic E-state index is 13.6. The summed E-state index contributed by atoms with van der Waals surface area (Å²) in [4.78, 5) is 23.3. The van der Waals surface area contributed by atoms with E-state index in [0.717, 1.165) is 23.9 Å². The third kappa shape index (κ3) is 5.62. The molecule has 0 N–H and O–H groups in total. The number of aromatic nitrogens is 1. The van der Waals surface area contributed by atoms with Crippen molar-refractivity contribution < 1.29 is 23.6 Å². The topological polar surface area (TPSA) is 83.6 Å². The zero-order valence-corrected chi connectivity index (χ0v) is 18.8. The highest BCUT2D eigenvalue weighted by atomic mass is 19.1. The van der Waals surface area contributed by atoms with Crippen molar-refractivity contribution in [2.45, 2.75) is 6.61 Å². The highest BCUT2D eigenvalue weighted by Gasteiger charge is 2.17. The van der Waals surface area contributed by atoms with Crippen molar-refractivity contribution in [3.63, 3.8) is 0 Å². The van der Waals surface area contributed by atoms with E-state index in [9.17, 15) is 19.3 Å². The molecular formula is C27H21FN2O5. The number of halogens is 1. The zero-order chi connectivity index (χ0) is 24.8. The van der Waals surface area contributed by atoms with Crippen molar-refractivity contribution in [2.75, 3.05) is 7.11 Å². The van der Waals surface area contributed by atoms with Gasteiger partial charge >= 0.3 is 5.69 Å². The molecule has 1 aromatic heterocycles. The Labute approximate surface area is 200 Å². The number of nitrogens with zero attached hydrogens (tertiary/aromatic N) is 2. The molecule has 176 valence electrons. The van der Waals surface area contributed by atoms with E-state index < -0.39 is 10.7 Å². The summed E-state index contributed by atoms with van der Waals surface area (Å²) in [6.07, 6.45) is 6.94. The number of nitro benzene ring substituents is 1. The number of carbonyl (C=O) groups is 1. The first-order valence-electron chi connectivity index (χ1n) is 10.6. The average Bonchev–Trinajstić information content (AvgIpc) is 3.41. The zero-order valence-electron chi connectivity index (χ0n) is 18.8.